The Morgan fingerprint density at radius 2 is 2.15 bits per heavy atom. The molecule has 1 aromatic carbocycles. The smallest absolute Gasteiger partial charge is 0.252 e. The number of nitrogens with two attached hydrogens (primary N) is 2. The quantitative estimate of drug-likeness (QED) is 0.295. The summed E-state index contributed by atoms with van der Waals surface area (Å²) in [6, 6.07) is 9.07. The minimum atomic E-state index is -0.282. The van der Waals surface area contributed by atoms with E-state index in [9.17, 15) is 4.79 Å². The summed E-state index contributed by atoms with van der Waals surface area (Å²) in [6.07, 6.45) is 3.17. The van der Waals surface area contributed by atoms with Crippen molar-refractivity contribution in [3.63, 3.8) is 0 Å². The minimum absolute atomic E-state index is 0.00129. The maximum Gasteiger partial charge on any atom is 0.252 e. The van der Waals surface area contributed by atoms with Crippen LogP contribution < -0.4 is 22.0 Å². The van der Waals surface area contributed by atoms with Gasteiger partial charge >= 0.3 is 0 Å². The number of aromatic nitrogens is 2. The van der Waals surface area contributed by atoms with Crippen LogP contribution in [0.15, 0.2) is 57.9 Å². The van der Waals surface area contributed by atoms with Gasteiger partial charge in [-0.3, -0.25) is 19.8 Å². The molecule has 1 heterocycles. The van der Waals surface area contributed by atoms with Crippen molar-refractivity contribution < 1.29 is 0 Å². The maximum absolute atomic E-state index is 12.0. The van der Waals surface area contributed by atoms with Crippen molar-refractivity contribution in [2.24, 2.45) is 21.6 Å². The van der Waals surface area contributed by atoms with Gasteiger partial charge in [-0.2, -0.15) is 5.10 Å². The van der Waals surface area contributed by atoms with Gasteiger partial charge in [0.2, 0.25) is 0 Å². The molecule has 0 radical (unpaired) electrons. The van der Waals surface area contributed by atoms with Crippen LogP contribution in [-0.4, -0.2) is 35.3 Å². The first-order valence-corrected chi connectivity index (χ1v) is 8.22. The lowest BCUT2D eigenvalue weighted by molar-refractivity contribution is 0.681. The highest BCUT2D eigenvalue weighted by atomic mass is 32.1. The molecule has 0 aliphatic carbocycles. The van der Waals surface area contributed by atoms with Crippen molar-refractivity contribution in [3.8, 4) is 11.3 Å². The van der Waals surface area contributed by atoms with Crippen molar-refractivity contribution in [3.05, 3.63) is 58.1 Å². The van der Waals surface area contributed by atoms with Crippen LogP contribution in [0.25, 0.3) is 11.3 Å². The molecule has 0 saturated heterocycles. The zero-order valence-corrected chi connectivity index (χ0v) is 15.2. The molecule has 2 rings (SSSR count). The Hall–Kier alpha value is -3.20. The fourth-order valence-electron chi connectivity index (χ4n) is 2.43. The zero-order chi connectivity index (χ0) is 19.1. The largest absolute Gasteiger partial charge is 0.370 e. The first kappa shape index (κ1) is 19.1. The number of anilines is 1. The molecule has 0 saturated carbocycles. The molecular weight excluding hydrogens is 350 g/mol. The van der Waals surface area contributed by atoms with Crippen molar-refractivity contribution >= 4 is 30.1 Å². The highest BCUT2D eigenvalue weighted by molar-refractivity contribution is 7.71. The molecule has 0 amide bonds. The molecule has 0 aliphatic heterocycles. The summed E-state index contributed by atoms with van der Waals surface area (Å²) >= 11 is 5.32. The molecule has 0 atom stereocenters. The number of rotatable bonds is 7. The summed E-state index contributed by atoms with van der Waals surface area (Å²) in [7, 11) is 1.81. The summed E-state index contributed by atoms with van der Waals surface area (Å²) in [6.45, 7) is 4.37. The van der Waals surface area contributed by atoms with E-state index in [0.29, 0.717) is 23.6 Å². The number of benzene rings is 1. The van der Waals surface area contributed by atoms with Crippen LogP contribution in [0.3, 0.4) is 0 Å². The van der Waals surface area contributed by atoms with Crippen molar-refractivity contribution in [1.82, 2.24) is 9.55 Å². The van der Waals surface area contributed by atoms with Gasteiger partial charge in [0.1, 0.15) is 0 Å². The summed E-state index contributed by atoms with van der Waals surface area (Å²) in [5, 5.41) is 5.97. The zero-order valence-electron chi connectivity index (χ0n) is 14.4. The van der Waals surface area contributed by atoms with Crippen LogP contribution in [0, 0.1) is 4.77 Å². The fourth-order valence-corrected chi connectivity index (χ4v) is 2.72. The lowest BCUT2D eigenvalue weighted by Gasteiger charge is -2.20. The molecule has 0 bridgehead atoms. The van der Waals surface area contributed by atoms with Gasteiger partial charge in [0.05, 0.1) is 17.9 Å². The molecule has 0 spiro atoms. The van der Waals surface area contributed by atoms with Crippen LogP contribution in [-0.2, 0) is 6.54 Å². The van der Waals surface area contributed by atoms with Crippen LogP contribution in [0.5, 0.6) is 0 Å². The Bertz CT molecular complexity index is 954. The lowest BCUT2D eigenvalue weighted by Crippen LogP contribution is -2.24. The molecule has 8 nitrogen and oxygen atoms in total. The monoisotopic (exact) mass is 371 g/mol. The second-order valence-corrected chi connectivity index (χ2v) is 5.71. The van der Waals surface area contributed by atoms with E-state index >= 15 is 0 Å². The van der Waals surface area contributed by atoms with Gasteiger partial charge in [-0.25, -0.2) is 0 Å². The minimum Gasteiger partial charge on any atom is -0.370 e. The summed E-state index contributed by atoms with van der Waals surface area (Å²) in [4.78, 5) is 18.6. The van der Waals surface area contributed by atoms with E-state index in [4.69, 9.17) is 23.7 Å². The Morgan fingerprint density at radius 1 is 1.42 bits per heavy atom. The second-order valence-electron chi connectivity index (χ2n) is 5.32. The number of guanidine groups is 1. The molecule has 9 heteroatoms. The van der Waals surface area contributed by atoms with E-state index in [1.807, 2.05) is 31.3 Å². The Kier molecular flexibility index (Phi) is 6.45. The first-order valence-electron chi connectivity index (χ1n) is 7.81. The summed E-state index contributed by atoms with van der Waals surface area (Å²) < 4.78 is 2.08. The van der Waals surface area contributed by atoms with E-state index < -0.39 is 0 Å². The molecule has 2 aromatic rings. The van der Waals surface area contributed by atoms with Gasteiger partial charge in [0, 0.05) is 31.4 Å². The van der Waals surface area contributed by atoms with Gasteiger partial charge in [-0.05, 0) is 24.4 Å². The van der Waals surface area contributed by atoms with E-state index in [-0.39, 0.29) is 11.5 Å². The number of nitrogens with zero attached hydrogens (tertiary/aromatic N) is 4. The van der Waals surface area contributed by atoms with E-state index in [2.05, 4.69) is 21.7 Å². The standard InChI is InChI=1S/C17H21N7OS/c1-3-8-21-23(2)13-7-5-4-6-12(13)14-11-15(25)22-17(26)24(14)10-9-20-16(18)19/h3-8,11H,1,9-10H2,2H3,(H4,18,19,20)(H,22,25,26)/b21-8-. The lowest BCUT2D eigenvalue weighted by atomic mass is 10.1. The fraction of sp³-hybridized carbons (Fsp3) is 0.176. The van der Waals surface area contributed by atoms with Crippen LogP contribution in [0.4, 0.5) is 5.69 Å². The van der Waals surface area contributed by atoms with Crippen LogP contribution in [0.2, 0.25) is 0 Å². The number of H-pyrrole nitrogens is 1. The number of hydrogen-bond donors (Lipinski definition) is 3. The predicted octanol–water partition coefficient (Wildman–Crippen LogP) is 1.45. The number of aliphatic imine (C=N–C) groups is 1. The summed E-state index contributed by atoms with van der Waals surface area (Å²) in [5.74, 6) is 0.00129. The molecule has 136 valence electrons. The van der Waals surface area contributed by atoms with Crippen molar-refractivity contribution in [2.45, 2.75) is 6.54 Å². The molecule has 26 heavy (non-hydrogen) atoms. The highest BCUT2D eigenvalue weighted by Gasteiger charge is 2.13. The number of hydrogen-bond acceptors (Lipinski definition) is 5. The third-order valence-corrected chi connectivity index (χ3v) is 3.85. The number of nitrogens with one attached hydrogen (secondary N) is 1. The Balaban J connectivity index is 2.60. The van der Waals surface area contributed by atoms with Gasteiger partial charge in [0.15, 0.2) is 10.7 Å². The van der Waals surface area contributed by atoms with Crippen LogP contribution in [0.1, 0.15) is 0 Å². The van der Waals surface area contributed by atoms with Gasteiger partial charge in [-0.1, -0.05) is 24.8 Å². The number of hydrazone groups is 1. The average Bonchev–Trinajstić information content (AvgIpc) is 2.60. The third kappa shape index (κ3) is 4.67. The average molecular weight is 371 g/mol. The molecule has 0 fully saturated rings. The third-order valence-electron chi connectivity index (χ3n) is 3.53. The molecular formula is C17H21N7OS. The van der Waals surface area contributed by atoms with Gasteiger partial charge < -0.3 is 16.0 Å². The number of allylic oxidation sites excluding steroid dienone is 1. The number of para-hydroxylation sites is 1. The molecule has 1 aromatic heterocycles. The Labute approximate surface area is 156 Å². The SMILES string of the molecule is C=C/C=N\N(C)c1ccccc1-c1cc(=O)[nH]c(=S)n1CCN=C(N)N. The first-order chi connectivity index (χ1) is 12.4. The van der Waals surface area contributed by atoms with Gasteiger partial charge in [-0.15, -0.1) is 0 Å². The highest BCUT2D eigenvalue weighted by Crippen LogP contribution is 2.29. The second kappa shape index (κ2) is 8.77. The molecule has 5 N–H and O–H groups in total. The summed E-state index contributed by atoms with van der Waals surface area (Å²) in [5.41, 5.74) is 12.7. The van der Waals surface area contributed by atoms with Crippen molar-refractivity contribution in [2.75, 3.05) is 18.6 Å². The van der Waals surface area contributed by atoms with E-state index in [1.54, 1.807) is 21.9 Å². The van der Waals surface area contributed by atoms with Crippen LogP contribution >= 0.6 is 12.2 Å². The predicted molar refractivity (Wildman–Crippen MR) is 109 cm³/mol. The Morgan fingerprint density at radius 3 is 2.85 bits per heavy atom. The maximum atomic E-state index is 12.0. The normalized spacial score (nSPS) is 10.7. The topological polar surface area (TPSA) is 118 Å². The van der Waals surface area contributed by atoms with E-state index in [0.717, 1.165) is 11.3 Å². The molecule has 0 unspecified atom stereocenters. The molecule has 0 aliphatic rings. The van der Waals surface area contributed by atoms with Crippen molar-refractivity contribution in [1.29, 1.82) is 0 Å². The van der Waals surface area contributed by atoms with E-state index in [1.165, 1.54) is 6.07 Å². The van der Waals surface area contributed by atoms with Gasteiger partial charge in [0.25, 0.3) is 5.56 Å². The number of aromatic amines is 1.